The van der Waals surface area contributed by atoms with Gasteiger partial charge < -0.3 is 31.5 Å². The fourth-order valence-electron chi connectivity index (χ4n) is 8.49. The third-order valence-electron chi connectivity index (χ3n) is 11.3. The molecule has 2 heterocycles. The van der Waals surface area contributed by atoms with E-state index in [1.165, 1.54) is 48.8 Å². The van der Waals surface area contributed by atoms with Gasteiger partial charge in [0.25, 0.3) is 0 Å². The average molecular weight is 672 g/mol. The summed E-state index contributed by atoms with van der Waals surface area (Å²) in [7, 11) is 0. The van der Waals surface area contributed by atoms with Crippen LogP contribution in [0.4, 0.5) is 0 Å². The summed E-state index contributed by atoms with van der Waals surface area (Å²) in [6.07, 6.45) is 15.9. The van der Waals surface area contributed by atoms with Gasteiger partial charge in [-0.05, 0) is 78.8 Å². The third kappa shape index (κ3) is 8.70. The number of aliphatic hydroxyl groups is 2. The number of aromatic hydroxyl groups is 1. The lowest BCUT2D eigenvalue weighted by Crippen LogP contribution is -3.07. The number of phenolic OH excluding ortho intramolecular Hbond substituents is 1. The Morgan fingerprint density at radius 1 is 1.02 bits per heavy atom. The van der Waals surface area contributed by atoms with E-state index >= 15 is 0 Å². The molecule has 2 aromatic rings. The number of nitrogens with two attached hydrogens (primary N) is 2. The van der Waals surface area contributed by atoms with Crippen LogP contribution in [0.3, 0.4) is 0 Å². The highest BCUT2D eigenvalue weighted by atomic mass is 16.5. The molecule has 6 rings (SSSR count). The fourth-order valence-corrected chi connectivity index (χ4v) is 8.49. The molecule has 4 aliphatic rings. The van der Waals surface area contributed by atoms with Crippen molar-refractivity contribution in [2.75, 3.05) is 13.3 Å². The Kier molecular flexibility index (Phi) is 11.7. The van der Waals surface area contributed by atoms with Gasteiger partial charge in [-0.15, -0.1) is 0 Å². The molecule has 0 aromatic heterocycles. The van der Waals surface area contributed by atoms with E-state index in [2.05, 4.69) is 24.5 Å². The normalized spacial score (nSPS) is 21.7. The van der Waals surface area contributed by atoms with Crippen molar-refractivity contribution in [1.82, 2.24) is 0 Å². The number of nitrogens with zero attached hydrogens (tertiary/aromatic N) is 1. The summed E-state index contributed by atoms with van der Waals surface area (Å²) in [6, 6.07) is 13.6. The zero-order valence-corrected chi connectivity index (χ0v) is 28.8. The molecule has 0 spiro atoms. The van der Waals surface area contributed by atoms with Crippen molar-refractivity contribution < 1.29 is 29.8 Å². The highest BCUT2D eigenvalue weighted by Gasteiger charge is 2.45. The van der Waals surface area contributed by atoms with Gasteiger partial charge in [0.05, 0.1) is 23.9 Å². The molecule has 8 N–H and O–H groups in total. The first-order valence-corrected chi connectivity index (χ1v) is 18.5. The number of allylic oxidation sites excluding steroid dienone is 1. The van der Waals surface area contributed by atoms with Gasteiger partial charge in [0.2, 0.25) is 6.73 Å². The number of aliphatic hydroxyl groups excluding tert-OH is 2. The summed E-state index contributed by atoms with van der Waals surface area (Å²) in [5.74, 6) is 1.09. The number of hydrogen-bond acceptors (Lipinski definition) is 8. The number of Topliss-reactive ketones (excluding diaryl/α,β-unsaturated/α-hetero) is 1. The van der Waals surface area contributed by atoms with Crippen molar-refractivity contribution in [3.63, 3.8) is 0 Å². The maximum absolute atomic E-state index is 12.7. The molecular formula is C40H55N4O5+. The SMILES string of the molecule is NC(N)c1cccc(C2(C3=CN=C4C[NH+](COc5cc(CCC(=O)C[C@H](O)C[C@H](O)CCC6CCCCC6)ccc5O)C=C34)CCCC2)c1. The molecule has 1 unspecified atom stereocenters. The van der Waals surface area contributed by atoms with Crippen molar-refractivity contribution in [3.8, 4) is 11.5 Å². The third-order valence-corrected chi connectivity index (χ3v) is 11.3. The van der Waals surface area contributed by atoms with Crippen LogP contribution in [0.25, 0.3) is 0 Å². The molecule has 3 atom stereocenters. The first-order valence-electron chi connectivity index (χ1n) is 18.5. The van der Waals surface area contributed by atoms with Crippen LogP contribution in [0, 0.1) is 5.92 Å². The molecule has 2 aliphatic heterocycles. The Morgan fingerprint density at radius 3 is 2.59 bits per heavy atom. The molecule has 2 aliphatic carbocycles. The van der Waals surface area contributed by atoms with Crippen LogP contribution in [0.2, 0.25) is 0 Å². The van der Waals surface area contributed by atoms with E-state index < -0.39 is 18.4 Å². The first-order chi connectivity index (χ1) is 23.7. The second-order valence-corrected chi connectivity index (χ2v) is 14.9. The highest BCUT2D eigenvalue weighted by molar-refractivity contribution is 6.08. The van der Waals surface area contributed by atoms with Gasteiger partial charge in [0, 0.05) is 24.5 Å². The van der Waals surface area contributed by atoms with Crippen molar-refractivity contribution in [3.05, 3.63) is 82.7 Å². The molecule has 2 fully saturated rings. The molecule has 9 heteroatoms. The van der Waals surface area contributed by atoms with Crippen LogP contribution in [0.15, 0.2) is 71.0 Å². The molecule has 0 amide bonds. The van der Waals surface area contributed by atoms with Gasteiger partial charge >= 0.3 is 0 Å². The quantitative estimate of drug-likeness (QED) is 0.142. The Hall–Kier alpha value is -3.34. The van der Waals surface area contributed by atoms with Crippen LogP contribution in [-0.4, -0.2) is 52.3 Å². The molecule has 2 aromatic carbocycles. The van der Waals surface area contributed by atoms with E-state index in [-0.39, 0.29) is 36.2 Å². The number of aliphatic imine (C=N–C) groups is 1. The summed E-state index contributed by atoms with van der Waals surface area (Å²) < 4.78 is 6.13. The number of rotatable bonds is 16. The number of nitrogens with one attached hydrogen (secondary N) is 1. The zero-order chi connectivity index (χ0) is 34.4. The Bertz CT molecular complexity index is 1550. The number of carbonyl (C=O) groups is 1. The van der Waals surface area contributed by atoms with Crippen LogP contribution >= 0.6 is 0 Å². The molecule has 49 heavy (non-hydrogen) atoms. The van der Waals surface area contributed by atoms with Gasteiger partial charge in [-0.1, -0.05) is 75.3 Å². The van der Waals surface area contributed by atoms with Crippen LogP contribution in [0.5, 0.6) is 11.5 Å². The second kappa shape index (κ2) is 16.1. The first kappa shape index (κ1) is 35.5. The predicted octanol–water partition coefficient (Wildman–Crippen LogP) is 4.64. The highest BCUT2D eigenvalue weighted by Crippen LogP contribution is 2.50. The standard InChI is InChI=1S/C40H54N4O5/c41-39(42)29-9-6-10-30(20-29)40(17-4-5-18-40)35-23-43-36-25-44(24-34(35)36)26-49-38-19-28(13-16-37(38)48)12-15-32(46)22-33(47)21-31(45)14-11-27-7-2-1-3-8-27/h6,9-10,13,16,19-20,23-24,27,31,33,39,45,47-48H,1-5,7-8,11-12,14-15,17-18,21-22,25-26,41-42H2/p+1/t31-,33-/m1/s1. The van der Waals surface area contributed by atoms with E-state index in [0.29, 0.717) is 37.8 Å². The number of fused-ring (bicyclic) bond motifs is 1. The van der Waals surface area contributed by atoms with Gasteiger partial charge in [-0.25, -0.2) is 0 Å². The second-order valence-electron chi connectivity index (χ2n) is 14.9. The number of carbonyl (C=O) groups excluding carboxylic acids is 1. The lowest BCUT2D eigenvalue weighted by Gasteiger charge is -2.32. The molecule has 0 bridgehead atoms. The zero-order valence-electron chi connectivity index (χ0n) is 28.8. The van der Waals surface area contributed by atoms with Gasteiger partial charge in [0.1, 0.15) is 24.2 Å². The minimum atomic E-state index is -0.831. The largest absolute Gasteiger partial charge is 0.504 e. The number of ketones is 1. The number of quaternary nitrogens is 1. The smallest absolute Gasteiger partial charge is 0.227 e. The molecule has 0 radical (unpaired) electrons. The lowest BCUT2D eigenvalue weighted by atomic mass is 9.70. The summed E-state index contributed by atoms with van der Waals surface area (Å²) in [4.78, 5) is 18.6. The van der Waals surface area contributed by atoms with E-state index in [1.807, 2.05) is 12.1 Å². The van der Waals surface area contributed by atoms with Gasteiger partial charge in [-0.2, -0.15) is 0 Å². The number of benzene rings is 2. The van der Waals surface area contributed by atoms with Gasteiger partial charge in [0.15, 0.2) is 11.5 Å². The number of aryl methyl sites for hydroxylation is 1. The van der Waals surface area contributed by atoms with E-state index in [4.69, 9.17) is 21.2 Å². The predicted molar refractivity (Wildman–Crippen MR) is 191 cm³/mol. The number of hydrogen-bond donors (Lipinski definition) is 6. The molecule has 9 nitrogen and oxygen atoms in total. The lowest BCUT2D eigenvalue weighted by molar-refractivity contribution is -0.851. The minimum absolute atomic E-state index is 0.0375. The van der Waals surface area contributed by atoms with Crippen molar-refractivity contribution in [2.45, 2.75) is 120 Å². The summed E-state index contributed by atoms with van der Waals surface area (Å²) in [6.45, 7) is 1.03. The minimum Gasteiger partial charge on any atom is -0.504 e. The Balaban J connectivity index is 0.999. The fraction of sp³-hybridized carbons (Fsp3) is 0.550. The van der Waals surface area contributed by atoms with Gasteiger partial charge in [-0.3, -0.25) is 14.7 Å². The van der Waals surface area contributed by atoms with E-state index in [9.17, 15) is 20.1 Å². The van der Waals surface area contributed by atoms with Crippen LogP contribution < -0.4 is 21.1 Å². The Labute approximate surface area is 290 Å². The van der Waals surface area contributed by atoms with E-state index in [1.54, 1.807) is 18.2 Å². The molecular weight excluding hydrogens is 616 g/mol. The maximum Gasteiger partial charge on any atom is 0.227 e. The Morgan fingerprint density at radius 2 is 1.82 bits per heavy atom. The van der Waals surface area contributed by atoms with Crippen molar-refractivity contribution in [1.29, 1.82) is 0 Å². The monoisotopic (exact) mass is 671 g/mol. The molecule has 0 saturated heterocycles. The summed E-state index contributed by atoms with van der Waals surface area (Å²) >= 11 is 0. The summed E-state index contributed by atoms with van der Waals surface area (Å²) in [5.41, 5.74) is 18.5. The summed E-state index contributed by atoms with van der Waals surface area (Å²) in [5, 5.41) is 31.4. The van der Waals surface area contributed by atoms with Crippen molar-refractivity contribution in [2.24, 2.45) is 22.4 Å². The molecule has 2 saturated carbocycles. The van der Waals surface area contributed by atoms with E-state index in [0.717, 1.165) is 53.8 Å². The average Bonchev–Trinajstić information content (AvgIpc) is 3.84. The van der Waals surface area contributed by atoms with Crippen molar-refractivity contribution >= 4 is 11.5 Å². The number of phenols is 1. The number of ether oxygens (including phenoxy) is 1. The topological polar surface area (TPSA) is 156 Å². The van der Waals surface area contributed by atoms with Crippen LogP contribution in [-0.2, 0) is 16.6 Å². The van der Waals surface area contributed by atoms with Crippen LogP contribution in [0.1, 0.15) is 113 Å². The molecule has 264 valence electrons. The maximum atomic E-state index is 12.7.